The molecule has 0 amide bonds. The SMILES string of the molecule is CC[C@H]1OCC[C@H]1O[P@@](=O)(OCCSS(C)(=O)=O)OC[C@H]1OCC[C@H]1OC(c1ccccc1)(c1ccc(OC)cc1)c1ccc(OC)cc1. The fourth-order valence-corrected chi connectivity index (χ4v) is 9.17. The van der Waals surface area contributed by atoms with Crippen LogP contribution in [-0.4, -0.2) is 85.5 Å². The van der Waals surface area contributed by atoms with Crippen LogP contribution in [0, 0.1) is 0 Å². The van der Waals surface area contributed by atoms with E-state index in [0.717, 1.165) is 22.9 Å². The molecule has 3 aromatic carbocycles. The third kappa shape index (κ3) is 9.66. The summed E-state index contributed by atoms with van der Waals surface area (Å²) in [6.07, 6.45) is 0.953. The molecule has 0 unspecified atom stereocenters. The Labute approximate surface area is 292 Å². The molecule has 2 saturated heterocycles. The van der Waals surface area contributed by atoms with Crippen LogP contribution in [0.2, 0.25) is 0 Å². The van der Waals surface area contributed by atoms with E-state index in [1.54, 1.807) is 14.2 Å². The maximum atomic E-state index is 14.1. The van der Waals surface area contributed by atoms with E-state index in [2.05, 4.69) is 0 Å². The first-order chi connectivity index (χ1) is 23.6. The summed E-state index contributed by atoms with van der Waals surface area (Å²) in [6.45, 7) is 2.51. The molecule has 0 saturated carbocycles. The maximum absolute atomic E-state index is 14.1. The summed E-state index contributed by atoms with van der Waals surface area (Å²) in [5.74, 6) is 1.47. The molecule has 0 aromatic heterocycles. The normalized spacial score (nSPS) is 22.5. The fourth-order valence-electron chi connectivity index (χ4n) is 6.07. The molecule has 0 aliphatic carbocycles. The van der Waals surface area contributed by atoms with Gasteiger partial charge in [-0.3, -0.25) is 13.6 Å². The van der Waals surface area contributed by atoms with Crippen LogP contribution in [0.15, 0.2) is 78.9 Å². The van der Waals surface area contributed by atoms with Gasteiger partial charge in [-0.15, -0.1) is 0 Å². The quantitative estimate of drug-likeness (QED) is 0.0606. The van der Waals surface area contributed by atoms with E-state index in [0.29, 0.717) is 54.8 Å². The zero-order valence-corrected chi connectivity index (χ0v) is 30.8. The van der Waals surface area contributed by atoms with E-state index in [4.69, 9.17) is 37.3 Å². The fraction of sp³-hybridized carbons (Fsp3) is 0.486. The zero-order chi connectivity index (χ0) is 34.9. The van der Waals surface area contributed by atoms with Crippen LogP contribution in [0.25, 0.3) is 0 Å². The van der Waals surface area contributed by atoms with Crippen LogP contribution in [0.3, 0.4) is 0 Å². The summed E-state index contributed by atoms with van der Waals surface area (Å²) in [4.78, 5) is 0. The van der Waals surface area contributed by atoms with Gasteiger partial charge in [0.25, 0.3) is 0 Å². The second-order valence-corrected chi connectivity index (χ2v) is 17.9. The average molecular weight is 737 g/mol. The van der Waals surface area contributed by atoms with E-state index in [-0.39, 0.29) is 25.1 Å². The molecule has 5 rings (SSSR count). The number of hydrogen-bond acceptors (Lipinski definition) is 12. The molecule has 2 heterocycles. The lowest BCUT2D eigenvalue weighted by atomic mass is 9.79. The van der Waals surface area contributed by atoms with Gasteiger partial charge in [0, 0.05) is 31.6 Å². The molecule has 268 valence electrons. The predicted molar refractivity (Wildman–Crippen MR) is 188 cm³/mol. The number of ether oxygens (including phenoxy) is 5. The smallest absolute Gasteiger partial charge is 0.475 e. The number of methoxy groups -OCH3 is 2. The molecule has 14 heteroatoms. The van der Waals surface area contributed by atoms with Gasteiger partial charge in [0.15, 0.2) is 8.87 Å². The molecule has 2 aliphatic heterocycles. The third-order valence-electron chi connectivity index (χ3n) is 8.49. The Kier molecular flexibility index (Phi) is 13.2. The molecule has 0 N–H and O–H groups in total. The molecule has 0 radical (unpaired) electrons. The Morgan fingerprint density at radius 1 is 0.796 bits per heavy atom. The second kappa shape index (κ2) is 17.2. The van der Waals surface area contributed by atoms with E-state index in [1.807, 2.05) is 85.8 Å². The van der Waals surface area contributed by atoms with Crippen molar-refractivity contribution < 1.29 is 50.2 Å². The van der Waals surface area contributed by atoms with Gasteiger partial charge in [0.2, 0.25) is 0 Å². The minimum atomic E-state index is -4.18. The van der Waals surface area contributed by atoms with Gasteiger partial charge in [-0.25, -0.2) is 13.0 Å². The van der Waals surface area contributed by atoms with Crippen LogP contribution in [0.4, 0.5) is 0 Å². The molecule has 3 aromatic rings. The number of rotatable bonds is 18. The summed E-state index contributed by atoms with van der Waals surface area (Å²) in [6, 6.07) is 25.5. The molecular weight excluding hydrogens is 691 g/mol. The molecule has 2 fully saturated rings. The monoisotopic (exact) mass is 736 g/mol. The molecular formula is C35H45O11PS2. The summed E-state index contributed by atoms with van der Waals surface area (Å²) in [7, 11) is -3.54. The van der Waals surface area contributed by atoms with E-state index >= 15 is 0 Å². The lowest BCUT2D eigenvalue weighted by molar-refractivity contribution is -0.0910. The van der Waals surface area contributed by atoms with Gasteiger partial charge in [0.1, 0.15) is 23.2 Å². The highest BCUT2D eigenvalue weighted by Crippen LogP contribution is 2.53. The predicted octanol–water partition coefficient (Wildman–Crippen LogP) is 6.59. The van der Waals surface area contributed by atoms with Crippen LogP contribution in [-0.2, 0) is 46.8 Å². The van der Waals surface area contributed by atoms with Crippen LogP contribution >= 0.6 is 18.6 Å². The van der Waals surface area contributed by atoms with Crippen molar-refractivity contribution in [2.45, 2.75) is 56.2 Å². The Balaban J connectivity index is 1.44. The molecule has 0 spiro atoms. The number of benzene rings is 3. The van der Waals surface area contributed by atoms with Gasteiger partial charge >= 0.3 is 7.82 Å². The highest BCUT2D eigenvalue weighted by molar-refractivity contribution is 8.71. The van der Waals surface area contributed by atoms with Gasteiger partial charge in [0.05, 0.1) is 45.7 Å². The molecule has 49 heavy (non-hydrogen) atoms. The summed E-state index contributed by atoms with van der Waals surface area (Å²) in [5, 5.41) is 0. The number of hydrogen-bond donors (Lipinski definition) is 0. The van der Waals surface area contributed by atoms with Crippen molar-refractivity contribution in [3.63, 3.8) is 0 Å². The van der Waals surface area contributed by atoms with Gasteiger partial charge < -0.3 is 23.7 Å². The van der Waals surface area contributed by atoms with Crippen LogP contribution < -0.4 is 9.47 Å². The number of phosphoric ester groups is 1. The first-order valence-corrected chi connectivity index (χ1v) is 21.1. The van der Waals surface area contributed by atoms with Crippen molar-refractivity contribution in [1.82, 2.24) is 0 Å². The second-order valence-electron chi connectivity index (χ2n) is 11.7. The maximum Gasteiger partial charge on any atom is 0.475 e. The minimum absolute atomic E-state index is 0.0584. The standard InChI is InChI=1S/C35H45O11PS2/c1-5-31-33(20-22-41-31)46-47(36,43-23-24-48-49(4,37)38)44-25-34-32(19-21-42-34)45-35(26-9-7-6-8-10-26,27-11-15-29(39-2)16-12-27)28-13-17-30(40-3)18-14-28/h6-18,31-34H,5,19-25H2,1-4H3/t31-,32-,33-,34-,47+/m1/s1. The number of phosphoric acid groups is 1. The van der Waals surface area contributed by atoms with Crippen molar-refractivity contribution in [1.29, 1.82) is 0 Å². The van der Waals surface area contributed by atoms with Crippen molar-refractivity contribution >= 4 is 27.5 Å². The third-order valence-corrected chi connectivity index (χ3v) is 12.5. The topological polar surface area (TPSA) is 125 Å². The lowest BCUT2D eigenvalue weighted by Gasteiger charge is -2.39. The zero-order valence-electron chi connectivity index (χ0n) is 28.2. The Morgan fingerprint density at radius 3 is 1.90 bits per heavy atom. The Bertz CT molecular complexity index is 1570. The Hall–Kier alpha value is -2.45. The first kappa shape index (κ1) is 37.8. The lowest BCUT2D eigenvalue weighted by Crippen LogP contribution is -2.41. The average Bonchev–Trinajstić information content (AvgIpc) is 3.77. The van der Waals surface area contributed by atoms with Crippen LogP contribution in [0.5, 0.6) is 11.5 Å². The van der Waals surface area contributed by atoms with E-state index in [1.165, 1.54) is 0 Å². The molecule has 5 atom stereocenters. The van der Waals surface area contributed by atoms with Gasteiger partial charge in [-0.2, -0.15) is 0 Å². The van der Waals surface area contributed by atoms with E-state index < -0.39 is 40.6 Å². The molecule has 2 aliphatic rings. The van der Waals surface area contributed by atoms with Gasteiger partial charge in [-0.05, 0) is 64.6 Å². The summed E-state index contributed by atoms with van der Waals surface area (Å²) >= 11 is 0. The first-order valence-electron chi connectivity index (χ1n) is 16.3. The highest BCUT2D eigenvalue weighted by Gasteiger charge is 2.45. The van der Waals surface area contributed by atoms with Crippen molar-refractivity contribution in [3.05, 3.63) is 95.6 Å². The summed E-state index contributed by atoms with van der Waals surface area (Å²) < 4.78 is 85.1. The van der Waals surface area contributed by atoms with E-state index in [9.17, 15) is 13.0 Å². The van der Waals surface area contributed by atoms with Crippen molar-refractivity contribution in [2.24, 2.45) is 0 Å². The van der Waals surface area contributed by atoms with Gasteiger partial charge in [-0.1, -0.05) is 61.5 Å². The van der Waals surface area contributed by atoms with Crippen LogP contribution in [0.1, 0.15) is 42.9 Å². The Morgan fingerprint density at radius 2 is 1.35 bits per heavy atom. The van der Waals surface area contributed by atoms with Crippen molar-refractivity contribution in [3.8, 4) is 11.5 Å². The highest BCUT2D eigenvalue weighted by atomic mass is 33.1. The summed E-state index contributed by atoms with van der Waals surface area (Å²) in [5.41, 5.74) is 1.53. The van der Waals surface area contributed by atoms with Crippen molar-refractivity contribution in [2.75, 3.05) is 52.7 Å². The molecule has 11 nitrogen and oxygen atoms in total. The molecule has 0 bridgehead atoms. The largest absolute Gasteiger partial charge is 0.497 e. The minimum Gasteiger partial charge on any atom is -0.497 e.